The highest BCUT2D eigenvalue weighted by Gasteiger charge is 2.19. The third-order valence-corrected chi connectivity index (χ3v) is 2.49. The summed E-state index contributed by atoms with van der Waals surface area (Å²) in [6.45, 7) is 6.22. The van der Waals surface area contributed by atoms with Gasteiger partial charge >= 0.3 is 0 Å². The molecular weight excluding hydrogens is 226 g/mol. The number of rotatable bonds is 5. The van der Waals surface area contributed by atoms with E-state index in [2.05, 4.69) is 0 Å². The second-order valence-corrected chi connectivity index (χ2v) is 4.91. The maximum atomic E-state index is 12.0. The van der Waals surface area contributed by atoms with Crippen LogP contribution in [0.25, 0.3) is 6.08 Å². The molecule has 18 heavy (non-hydrogen) atoms. The lowest BCUT2D eigenvalue weighted by Gasteiger charge is -2.27. The van der Waals surface area contributed by atoms with Crippen molar-refractivity contribution in [1.29, 1.82) is 0 Å². The van der Waals surface area contributed by atoms with Gasteiger partial charge in [0, 0.05) is 19.2 Å². The highest BCUT2D eigenvalue weighted by molar-refractivity contribution is 5.91. The van der Waals surface area contributed by atoms with Crippen LogP contribution in [0.3, 0.4) is 0 Å². The van der Waals surface area contributed by atoms with Crippen molar-refractivity contribution in [3.05, 3.63) is 42.0 Å². The molecule has 0 fully saturated rings. The van der Waals surface area contributed by atoms with Crippen LogP contribution in [-0.2, 0) is 4.79 Å². The van der Waals surface area contributed by atoms with Crippen molar-refractivity contribution in [1.82, 2.24) is 4.90 Å². The van der Waals surface area contributed by atoms with Crippen molar-refractivity contribution >= 4 is 12.0 Å². The molecule has 0 aliphatic rings. The largest absolute Gasteiger partial charge is 0.389 e. The Morgan fingerprint density at radius 2 is 1.94 bits per heavy atom. The summed E-state index contributed by atoms with van der Waals surface area (Å²) in [4.78, 5) is 13.6. The topological polar surface area (TPSA) is 40.5 Å². The van der Waals surface area contributed by atoms with Gasteiger partial charge in [0.2, 0.25) is 5.91 Å². The monoisotopic (exact) mass is 247 g/mol. The predicted molar refractivity (Wildman–Crippen MR) is 74.0 cm³/mol. The van der Waals surface area contributed by atoms with Gasteiger partial charge in [0.15, 0.2) is 0 Å². The summed E-state index contributed by atoms with van der Waals surface area (Å²) in [5.41, 5.74) is 0.122. The van der Waals surface area contributed by atoms with E-state index in [0.29, 0.717) is 13.1 Å². The normalized spacial score (nSPS) is 11.8. The van der Waals surface area contributed by atoms with Gasteiger partial charge in [-0.15, -0.1) is 0 Å². The van der Waals surface area contributed by atoms with Gasteiger partial charge in [-0.2, -0.15) is 0 Å². The zero-order valence-electron chi connectivity index (χ0n) is 11.3. The fraction of sp³-hybridized carbons (Fsp3) is 0.400. The van der Waals surface area contributed by atoms with Crippen molar-refractivity contribution in [3.63, 3.8) is 0 Å². The molecule has 0 unspecified atom stereocenters. The third kappa shape index (κ3) is 5.15. The van der Waals surface area contributed by atoms with Crippen LogP contribution in [-0.4, -0.2) is 34.6 Å². The van der Waals surface area contributed by atoms with Crippen LogP contribution in [0.5, 0.6) is 0 Å². The first-order valence-corrected chi connectivity index (χ1v) is 6.17. The van der Waals surface area contributed by atoms with E-state index in [1.807, 2.05) is 37.3 Å². The third-order valence-electron chi connectivity index (χ3n) is 2.49. The zero-order valence-corrected chi connectivity index (χ0v) is 11.3. The van der Waals surface area contributed by atoms with Crippen LogP contribution in [0.2, 0.25) is 0 Å². The predicted octanol–water partition coefficient (Wildman–Crippen LogP) is 2.32. The fourth-order valence-corrected chi connectivity index (χ4v) is 1.65. The Labute approximate surface area is 109 Å². The summed E-state index contributed by atoms with van der Waals surface area (Å²) in [5.74, 6) is -0.0801. The number of likely N-dealkylation sites (N-methyl/N-ethyl adjacent to an activating group) is 1. The number of hydrogen-bond acceptors (Lipinski definition) is 2. The van der Waals surface area contributed by atoms with Crippen molar-refractivity contribution in [2.45, 2.75) is 26.4 Å². The van der Waals surface area contributed by atoms with Crippen LogP contribution in [0.1, 0.15) is 26.3 Å². The molecule has 0 aliphatic carbocycles. The minimum absolute atomic E-state index is 0.0801. The van der Waals surface area contributed by atoms with Crippen LogP contribution in [0.15, 0.2) is 36.4 Å². The molecule has 1 aromatic carbocycles. The Balaban J connectivity index is 2.66. The Bertz CT molecular complexity index is 404. The molecule has 0 aliphatic heterocycles. The molecule has 1 rings (SSSR count). The first-order chi connectivity index (χ1) is 8.42. The van der Waals surface area contributed by atoms with E-state index in [-0.39, 0.29) is 5.91 Å². The molecule has 1 amide bonds. The van der Waals surface area contributed by atoms with Gasteiger partial charge in [-0.3, -0.25) is 4.79 Å². The van der Waals surface area contributed by atoms with Crippen LogP contribution in [0, 0.1) is 0 Å². The van der Waals surface area contributed by atoms with Gasteiger partial charge < -0.3 is 10.0 Å². The maximum Gasteiger partial charge on any atom is 0.246 e. The quantitative estimate of drug-likeness (QED) is 0.811. The number of carbonyl (C=O) groups is 1. The zero-order chi connectivity index (χ0) is 13.6. The Kier molecular flexibility index (Phi) is 5.10. The van der Waals surface area contributed by atoms with Crippen molar-refractivity contribution in [2.75, 3.05) is 13.1 Å². The summed E-state index contributed by atoms with van der Waals surface area (Å²) in [6.07, 6.45) is 3.33. The van der Waals surface area contributed by atoms with Gasteiger partial charge in [0.1, 0.15) is 0 Å². The summed E-state index contributed by atoms with van der Waals surface area (Å²) in [7, 11) is 0. The second-order valence-electron chi connectivity index (χ2n) is 4.91. The smallest absolute Gasteiger partial charge is 0.246 e. The molecule has 0 bridgehead atoms. The molecule has 0 saturated heterocycles. The first kappa shape index (κ1) is 14.5. The summed E-state index contributed by atoms with van der Waals surface area (Å²) in [5, 5.41) is 9.74. The molecule has 0 aromatic heterocycles. The molecule has 0 atom stereocenters. The number of hydrogen-bond donors (Lipinski definition) is 1. The number of amides is 1. The standard InChI is InChI=1S/C15H21NO2/c1-4-16(12-15(2,3)18)14(17)11-10-13-8-6-5-7-9-13/h5-11,18H,4,12H2,1-3H3/b11-10+. The molecule has 1 aromatic rings. The summed E-state index contributed by atoms with van der Waals surface area (Å²) >= 11 is 0. The lowest BCUT2D eigenvalue weighted by Crippen LogP contribution is -2.41. The van der Waals surface area contributed by atoms with Gasteiger partial charge in [-0.25, -0.2) is 0 Å². The van der Waals surface area contributed by atoms with E-state index in [1.54, 1.807) is 30.9 Å². The average Bonchev–Trinajstić information content (AvgIpc) is 2.33. The minimum atomic E-state index is -0.869. The molecule has 0 spiro atoms. The van der Waals surface area contributed by atoms with E-state index in [0.717, 1.165) is 5.56 Å². The van der Waals surface area contributed by atoms with Crippen LogP contribution in [0.4, 0.5) is 0 Å². The lowest BCUT2D eigenvalue weighted by molar-refractivity contribution is -0.128. The Morgan fingerprint density at radius 3 is 2.44 bits per heavy atom. The van der Waals surface area contributed by atoms with Crippen molar-refractivity contribution < 1.29 is 9.90 Å². The molecule has 3 heteroatoms. The molecule has 0 heterocycles. The number of benzene rings is 1. The number of aliphatic hydroxyl groups is 1. The van der Waals surface area contributed by atoms with E-state index in [1.165, 1.54) is 0 Å². The molecule has 98 valence electrons. The summed E-state index contributed by atoms with van der Waals surface area (Å²) in [6, 6.07) is 9.68. The van der Waals surface area contributed by atoms with E-state index < -0.39 is 5.60 Å². The fourth-order valence-electron chi connectivity index (χ4n) is 1.65. The molecule has 3 nitrogen and oxygen atoms in total. The SMILES string of the molecule is CCN(CC(C)(C)O)C(=O)/C=C/c1ccccc1. The first-order valence-electron chi connectivity index (χ1n) is 6.17. The van der Waals surface area contributed by atoms with Crippen LogP contribution >= 0.6 is 0 Å². The number of carbonyl (C=O) groups excluding carboxylic acids is 1. The van der Waals surface area contributed by atoms with Crippen LogP contribution < -0.4 is 0 Å². The summed E-state index contributed by atoms with van der Waals surface area (Å²) < 4.78 is 0. The molecular formula is C15H21NO2. The Hall–Kier alpha value is -1.61. The lowest BCUT2D eigenvalue weighted by atomic mass is 10.1. The van der Waals surface area contributed by atoms with E-state index in [9.17, 15) is 9.90 Å². The second kappa shape index (κ2) is 6.36. The minimum Gasteiger partial charge on any atom is -0.389 e. The van der Waals surface area contributed by atoms with E-state index >= 15 is 0 Å². The maximum absolute atomic E-state index is 12.0. The van der Waals surface area contributed by atoms with Crippen molar-refractivity contribution in [2.24, 2.45) is 0 Å². The number of nitrogens with zero attached hydrogens (tertiary/aromatic N) is 1. The molecule has 0 saturated carbocycles. The van der Waals surface area contributed by atoms with Gasteiger partial charge in [0.05, 0.1) is 5.60 Å². The van der Waals surface area contributed by atoms with Crippen molar-refractivity contribution in [3.8, 4) is 0 Å². The average molecular weight is 247 g/mol. The van der Waals surface area contributed by atoms with Gasteiger partial charge in [0.25, 0.3) is 0 Å². The molecule has 1 N–H and O–H groups in total. The highest BCUT2D eigenvalue weighted by atomic mass is 16.3. The van der Waals surface area contributed by atoms with Gasteiger partial charge in [-0.1, -0.05) is 30.3 Å². The highest BCUT2D eigenvalue weighted by Crippen LogP contribution is 2.07. The molecule has 0 radical (unpaired) electrons. The van der Waals surface area contributed by atoms with E-state index in [4.69, 9.17) is 0 Å². The Morgan fingerprint density at radius 1 is 1.33 bits per heavy atom. The van der Waals surface area contributed by atoms with Gasteiger partial charge in [-0.05, 0) is 32.4 Å².